The van der Waals surface area contributed by atoms with Gasteiger partial charge in [-0.25, -0.2) is 0 Å². The molecular formula is C19H26N4O2. The summed E-state index contributed by atoms with van der Waals surface area (Å²) in [5, 5.41) is 20.2. The van der Waals surface area contributed by atoms with Crippen LogP contribution < -0.4 is 5.32 Å². The van der Waals surface area contributed by atoms with E-state index in [1.165, 1.54) is 23.5 Å². The molecular weight excluding hydrogens is 316 g/mol. The summed E-state index contributed by atoms with van der Waals surface area (Å²) in [6, 6.07) is 9.99. The van der Waals surface area contributed by atoms with E-state index in [0.717, 1.165) is 19.5 Å². The molecule has 1 amide bonds. The van der Waals surface area contributed by atoms with Crippen molar-refractivity contribution in [2.45, 2.75) is 32.9 Å². The Bertz CT molecular complexity index is 663. The topological polar surface area (TPSA) is 78.4 Å². The van der Waals surface area contributed by atoms with E-state index in [1.54, 1.807) is 6.07 Å². The van der Waals surface area contributed by atoms with Crippen LogP contribution in [0, 0.1) is 0 Å². The number of nitrogens with zero attached hydrogens (tertiary/aromatic N) is 3. The van der Waals surface area contributed by atoms with Gasteiger partial charge in [0.25, 0.3) is 5.91 Å². The summed E-state index contributed by atoms with van der Waals surface area (Å²) < 4.78 is 0. The number of carbonyl (C=O) groups excluding carboxylic acids is 1. The van der Waals surface area contributed by atoms with Crippen LogP contribution in [0.3, 0.4) is 0 Å². The summed E-state index contributed by atoms with van der Waals surface area (Å²) in [4.78, 5) is 14.1. The van der Waals surface area contributed by atoms with Crippen LogP contribution in [0.1, 0.15) is 35.3 Å². The van der Waals surface area contributed by atoms with Gasteiger partial charge < -0.3 is 10.4 Å². The van der Waals surface area contributed by atoms with Crippen LogP contribution in [-0.4, -0.2) is 51.8 Å². The molecule has 2 heterocycles. The van der Waals surface area contributed by atoms with E-state index in [-0.39, 0.29) is 12.5 Å². The zero-order valence-electron chi connectivity index (χ0n) is 14.9. The fourth-order valence-electron chi connectivity index (χ4n) is 2.81. The second-order valence-electron chi connectivity index (χ2n) is 5.75. The molecule has 0 saturated heterocycles. The normalized spacial score (nSPS) is 14.7. The summed E-state index contributed by atoms with van der Waals surface area (Å²) in [5.41, 5.74) is 3.15. The fraction of sp³-hybridized carbons (Fsp3) is 0.421. The average Bonchev–Trinajstić information content (AvgIpc) is 2.68. The van der Waals surface area contributed by atoms with Gasteiger partial charge in [0.1, 0.15) is 0 Å². The summed E-state index contributed by atoms with van der Waals surface area (Å²) in [6.45, 7) is 6.54. The number of β-amino-alcohol motifs (C(OH)–C–C–N with tert-alkyl or cyclic N) is 1. The van der Waals surface area contributed by atoms with Crippen molar-refractivity contribution < 1.29 is 9.90 Å². The number of aliphatic hydroxyl groups is 1. The SMILES string of the molecule is CC.O=C(NCC(O)CN1CCc2ccccc2C1)c1ccnnc1. The van der Waals surface area contributed by atoms with E-state index < -0.39 is 6.10 Å². The molecule has 0 bridgehead atoms. The Labute approximate surface area is 148 Å². The standard InChI is InChI=1S/C17H20N4O2.C2H6/c22-16(10-18-17(23)14-5-7-19-20-9-14)12-21-8-6-13-3-1-2-4-15(13)11-21;1-2/h1-5,7,9,16,22H,6,8,10-12H2,(H,18,23);1-2H3. The second-order valence-corrected chi connectivity index (χ2v) is 5.75. The molecule has 0 spiro atoms. The molecule has 3 rings (SSSR count). The molecule has 1 aliphatic rings. The zero-order valence-corrected chi connectivity index (χ0v) is 14.9. The molecule has 6 heteroatoms. The molecule has 1 aromatic heterocycles. The van der Waals surface area contributed by atoms with Crippen LogP contribution in [-0.2, 0) is 13.0 Å². The lowest BCUT2D eigenvalue weighted by molar-refractivity contribution is 0.0841. The number of carbonyl (C=O) groups is 1. The molecule has 0 aliphatic carbocycles. The van der Waals surface area contributed by atoms with Crippen molar-refractivity contribution in [3.63, 3.8) is 0 Å². The van der Waals surface area contributed by atoms with Crippen LogP contribution in [0.15, 0.2) is 42.7 Å². The van der Waals surface area contributed by atoms with Crippen molar-refractivity contribution in [2.75, 3.05) is 19.6 Å². The van der Waals surface area contributed by atoms with Gasteiger partial charge in [0, 0.05) is 26.2 Å². The lowest BCUT2D eigenvalue weighted by Gasteiger charge is -2.30. The number of rotatable bonds is 5. The molecule has 1 aromatic carbocycles. The smallest absolute Gasteiger partial charge is 0.253 e. The molecule has 25 heavy (non-hydrogen) atoms. The minimum absolute atomic E-state index is 0.222. The van der Waals surface area contributed by atoms with Crippen molar-refractivity contribution >= 4 is 5.91 Å². The maximum absolute atomic E-state index is 11.9. The average molecular weight is 342 g/mol. The van der Waals surface area contributed by atoms with Crippen LogP contribution in [0.2, 0.25) is 0 Å². The molecule has 134 valence electrons. The van der Waals surface area contributed by atoms with E-state index >= 15 is 0 Å². The maximum atomic E-state index is 11.9. The first-order valence-electron chi connectivity index (χ1n) is 8.74. The first kappa shape index (κ1) is 19.0. The molecule has 0 radical (unpaired) electrons. The third-order valence-electron chi connectivity index (χ3n) is 4.02. The van der Waals surface area contributed by atoms with Gasteiger partial charge in [-0.3, -0.25) is 9.69 Å². The molecule has 2 N–H and O–H groups in total. The molecule has 1 atom stereocenters. The van der Waals surface area contributed by atoms with Crippen LogP contribution in [0.25, 0.3) is 0 Å². The number of amides is 1. The number of fused-ring (bicyclic) bond motifs is 1. The van der Waals surface area contributed by atoms with Crippen molar-refractivity contribution in [3.05, 3.63) is 59.4 Å². The monoisotopic (exact) mass is 342 g/mol. The molecule has 2 aromatic rings. The van der Waals surface area contributed by atoms with Gasteiger partial charge in [0.05, 0.1) is 24.1 Å². The minimum Gasteiger partial charge on any atom is -0.390 e. The molecule has 1 aliphatic heterocycles. The maximum Gasteiger partial charge on any atom is 0.253 e. The van der Waals surface area contributed by atoms with E-state index in [1.807, 2.05) is 19.9 Å². The van der Waals surface area contributed by atoms with Crippen molar-refractivity contribution in [1.82, 2.24) is 20.4 Å². The fourth-order valence-corrected chi connectivity index (χ4v) is 2.81. The van der Waals surface area contributed by atoms with E-state index in [9.17, 15) is 9.90 Å². The van der Waals surface area contributed by atoms with Gasteiger partial charge in [-0.2, -0.15) is 10.2 Å². The lowest BCUT2D eigenvalue weighted by Crippen LogP contribution is -2.42. The summed E-state index contributed by atoms with van der Waals surface area (Å²) in [5.74, 6) is -0.247. The summed E-state index contributed by atoms with van der Waals surface area (Å²) in [6.07, 6.45) is 3.27. The number of aliphatic hydroxyl groups excluding tert-OH is 1. The summed E-state index contributed by atoms with van der Waals surface area (Å²) in [7, 11) is 0. The Morgan fingerprint density at radius 2 is 2.00 bits per heavy atom. The van der Waals surface area contributed by atoms with Crippen molar-refractivity contribution in [3.8, 4) is 0 Å². The Morgan fingerprint density at radius 1 is 1.24 bits per heavy atom. The van der Waals surface area contributed by atoms with Gasteiger partial charge in [0.15, 0.2) is 0 Å². The quantitative estimate of drug-likeness (QED) is 0.864. The first-order valence-corrected chi connectivity index (χ1v) is 8.74. The Kier molecular flexibility index (Phi) is 7.50. The molecule has 1 unspecified atom stereocenters. The highest BCUT2D eigenvalue weighted by Gasteiger charge is 2.18. The second kappa shape index (κ2) is 9.86. The number of hydrogen-bond donors (Lipinski definition) is 2. The highest BCUT2D eigenvalue weighted by Crippen LogP contribution is 2.18. The van der Waals surface area contributed by atoms with Crippen molar-refractivity contribution in [1.29, 1.82) is 0 Å². The zero-order chi connectivity index (χ0) is 18.1. The van der Waals surface area contributed by atoms with Crippen LogP contribution >= 0.6 is 0 Å². The number of nitrogens with one attached hydrogen (secondary N) is 1. The van der Waals surface area contributed by atoms with Gasteiger partial charge in [-0.05, 0) is 23.6 Å². The van der Waals surface area contributed by atoms with Gasteiger partial charge in [-0.15, -0.1) is 0 Å². The van der Waals surface area contributed by atoms with E-state index in [0.29, 0.717) is 12.1 Å². The molecule has 0 fully saturated rings. The largest absolute Gasteiger partial charge is 0.390 e. The number of aromatic nitrogens is 2. The summed E-state index contributed by atoms with van der Waals surface area (Å²) >= 11 is 0. The lowest BCUT2D eigenvalue weighted by atomic mass is 10.00. The number of benzene rings is 1. The predicted octanol–water partition coefficient (Wildman–Crippen LogP) is 1.65. The van der Waals surface area contributed by atoms with Crippen LogP contribution in [0.4, 0.5) is 0 Å². The van der Waals surface area contributed by atoms with Crippen LogP contribution in [0.5, 0.6) is 0 Å². The van der Waals surface area contributed by atoms with Gasteiger partial charge in [-0.1, -0.05) is 38.1 Å². The highest BCUT2D eigenvalue weighted by atomic mass is 16.3. The Balaban J connectivity index is 0.00000109. The Morgan fingerprint density at radius 3 is 2.72 bits per heavy atom. The highest BCUT2D eigenvalue weighted by molar-refractivity contribution is 5.93. The first-order chi connectivity index (χ1) is 12.2. The van der Waals surface area contributed by atoms with E-state index in [4.69, 9.17) is 0 Å². The van der Waals surface area contributed by atoms with Crippen molar-refractivity contribution in [2.24, 2.45) is 0 Å². The minimum atomic E-state index is -0.598. The molecule has 6 nitrogen and oxygen atoms in total. The van der Waals surface area contributed by atoms with E-state index in [2.05, 4.69) is 38.6 Å². The van der Waals surface area contributed by atoms with Gasteiger partial charge >= 0.3 is 0 Å². The Hall–Kier alpha value is -2.31. The molecule has 0 saturated carbocycles. The van der Waals surface area contributed by atoms with Gasteiger partial charge in [0.2, 0.25) is 0 Å². The number of hydrogen-bond acceptors (Lipinski definition) is 5. The predicted molar refractivity (Wildman–Crippen MR) is 97.1 cm³/mol. The third kappa shape index (κ3) is 5.62. The third-order valence-corrected chi connectivity index (χ3v) is 4.02.